The highest BCUT2D eigenvalue weighted by molar-refractivity contribution is 5.95. The number of anilines is 1. The van der Waals surface area contributed by atoms with Crippen LogP contribution in [-0.4, -0.2) is 36.0 Å². The fraction of sp³-hybridized carbons (Fsp3) is 0.429. The van der Waals surface area contributed by atoms with Gasteiger partial charge in [-0.25, -0.2) is 9.59 Å². The summed E-state index contributed by atoms with van der Waals surface area (Å²) in [5.74, 6) is -0.708. The normalized spacial score (nSPS) is 13.5. The lowest BCUT2D eigenvalue weighted by molar-refractivity contribution is 0.0631. The average Bonchev–Trinajstić information content (AvgIpc) is 2.35. The third kappa shape index (κ3) is 3.77. The number of rotatable bonds is 2. The first kappa shape index (κ1) is 15.0. The zero-order valence-corrected chi connectivity index (χ0v) is 12.1. The van der Waals surface area contributed by atoms with Gasteiger partial charge in [-0.2, -0.15) is 0 Å². The molecule has 21 heavy (non-hydrogen) atoms. The number of benzene rings is 1. The first-order valence-electron chi connectivity index (χ1n) is 6.43. The third-order valence-corrected chi connectivity index (χ3v) is 2.52. The molecular formula is C14H17NO6. The summed E-state index contributed by atoms with van der Waals surface area (Å²) in [6, 6.07) is 2.81. The van der Waals surface area contributed by atoms with E-state index < -0.39 is 17.7 Å². The number of aromatic carboxylic acids is 1. The Morgan fingerprint density at radius 2 is 1.90 bits per heavy atom. The molecule has 2 rings (SSSR count). The van der Waals surface area contributed by atoms with Crippen molar-refractivity contribution in [1.29, 1.82) is 0 Å². The predicted molar refractivity (Wildman–Crippen MR) is 74.2 cm³/mol. The van der Waals surface area contributed by atoms with Crippen LogP contribution in [0.2, 0.25) is 0 Å². The van der Waals surface area contributed by atoms with E-state index in [-0.39, 0.29) is 29.4 Å². The van der Waals surface area contributed by atoms with Gasteiger partial charge in [0.05, 0.1) is 0 Å². The van der Waals surface area contributed by atoms with Crippen LogP contribution >= 0.6 is 0 Å². The van der Waals surface area contributed by atoms with E-state index in [1.807, 2.05) is 0 Å². The number of ether oxygens (including phenoxy) is 3. The number of hydrogen-bond acceptors (Lipinski definition) is 5. The summed E-state index contributed by atoms with van der Waals surface area (Å²) >= 11 is 0. The van der Waals surface area contributed by atoms with Crippen LogP contribution < -0.4 is 14.8 Å². The maximum absolute atomic E-state index is 11.7. The lowest BCUT2D eigenvalue weighted by Gasteiger charge is -2.22. The summed E-state index contributed by atoms with van der Waals surface area (Å²) in [4.78, 5) is 23.0. The minimum Gasteiger partial charge on any atom is -0.486 e. The maximum atomic E-state index is 11.7. The molecule has 1 aromatic carbocycles. The topological polar surface area (TPSA) is 94.1 Å². The van der Waals surface area contributed by atoms with Crippen molar-refractivity contribution in [3.63, 3.8) is 0 Å². The van der Waals surface area contributed by atoms with Crippen LogP contribution in [-0.2, 0) is 4.74 Å². The Balaban J connectivity index is 2.26. The number of carbonyl (C=O) groups excluding carboxylic acids is 1. The Hall–Kier alpha value is -2.44. The monoisotopic (exact) mass is 295 g/mol. The zero-order valence-electron chi connectivity index (χ0n) is 12.1. The second-order valence-corrected chi connectivity index (χ2v) is 5.48. The van der Waals surface area contributed by atoms with Gasteiger partial charge in [0.25, 0.3) is 0 Å². The molecule has 1 aromatic rings. The Labute approximate surface area is 121 Å². The van der Waals surface area contributed by atoms with Gasteiger partial charge in [0, 0.05) is 11.8 Å². The highest BCUT2D eigenvalue weighted by atomic mass is 16.6. The number of carbonyl (C=O) groups is 2. The molecule has 1 amide bonds. The van der Waals surface area contributed by atoms with Gasteiger partial charge in [0.1, 0.15) is 24.4 Å². The Kier molecular flexibility index (Phi) is 3.93. The van der Waals surface area contributed by atoms with E-state index in [2.05, 4.69) is 5.32 Å². The van der Waals surface area contributed by atoms with Crippen molar-refractivity contribution in [2.45, 2.75) is 26.4 Å². The van der Waals surface area contributed by atoms with E-state index in [1.165, 1.54) is 12.1 Å². The molecule has 0 aliphatic carbocycles. The van der Waals surface area contributed by atoms with Crippen LogP contribution in [0.15, 0.2) is 12.1 Å². The molecule has 0 aromatic heterocycles. The summed E-state index contributed by atoms with van der Waals surface area (Å²) in [5.41, 5.74) is -0.447. The second kappa shape index (κ2) is 5.51. The van der Waals surface area contributed by atoms with Gasteiger partial charge in [-0.05, 0) is 26.8 Å². The highest BCUT2D eigenvalue weighted by Crippen LogP contribution is 2.37. The summed E-state index contributed by atoms with van der Waals surface area (Å²) in [7, 11) is 0. The lowest BCUT2D eigenvalue weighted by atomic mass is 10.1. The zero-order chi connectivity index (χ0) is 15.6. The van der Waals surface area contributed by atoms with Crippen LogP contribution in [0, 0.1) is 0 Å². The largest absolute Gasteiger partial charge is 0.486 e. The molecule has 0 radical (unpaired) electrons. The summed E-state index contributed by atoms with van der Waals surface area (Å²) in [6.07, 6.45) is -0.671. The van der Waals surface area contributed by atoms with Crippen molar-refractivity contribution >= 4 is 17.7 Å². The van der Waals surface area contributed by atoms with E-state index in [4.69, 9.17) is 14.2 Å². The molecule has 0 saturated heterocycles. The molecule has 0 saturated carbocycles. The quantitative estimate of drug-likeness (QED) is 0.870. The molecule has 2 N–H and O–H groups in total. The smallest absolute Gasteiger partial charge is 0.412 e. The van der Waals surface area contributed by atoms with Gasteiger partial charge in [-0.3, -0.25) is 5.32 Å². The number of fused-ring (bicyclic) bond motifs is 1. The molecule has 1 aliphatic rings. The Morgan fingerprint density at radius 3 is 2.52 bits per heavy atom. The second-order valence-electron chi connectivity index (χ2n) is 5.48. The molecule has 114 valence electrons. The van der Waals surface area contributed by atoms with Gasteiger partial charge in [0.2, 0.25) is 0 Å². The fourth-order valence-electron chi connectivity index (χ4n) is 1.81. The highest BCUT2D eigenvalue weighted by Gasteiger charge is 2.23. The molecule has 0 fully saturated rings. The van der Waals surface area contributed by atoms with Crippen LogP contribution in [0.25, 0.3) is 0 Å². The first-order valence-corrected chi connectivity index (χ1v) is 6.43. The minimum absolute atomic E-state index is 0.0711. The van der Waals surface area contributed by atoms with Gasteiger partial charge in [-0.1, -0.05) is 0 Å². The predicted octanol–water partition coefficient (Wildman–Crippen LogP) is 2.50. The van der Waals surface area contributed by atoms with Gasteiger partial charge in [0.15, 0.2) is 11.5 Å². The molecule has 7 nitrogen and oxygen atoms in total. The van der Waals surface area contributed by atoms with E-state index >= 15 is 0 Å². The van der Waals surface area contributed by atoms with Crippen LogP contribution in [0.1, 0.15) is 31.1 Å². The molecule has 0 bridgehead atoms. The molecule has 0 unspecified atom stereocenters. The molecule has 1 heterocycles. The summed E-state index contributed by atoms with van der Waals surface area (Å²) in [5, 5.41) is 11.7. The molecule has 7 heteroatoms. The lowest BCUT2D eigenvalue weighted by Crippen LogP contribution is -2.27. The van der Waals surface area contributed by atoms with E-state index in [1.54, 1.807) is 20.8 Å². The minimum atomic E-state index is -1.16. The van der Waals surface area contributed by atoms with E-state index in [9.17, 15) is 14.7 Å². The SMILES string of the molecule is CC(C)(C)OC(=O)Nc1cc2c(c(C(=O)O)c1)OCCO2. The molecule has 0 atom stereocenters. The van der Waals surface area contributed by atoms with Crippen molar-refractivity contribution < 1.29 is 28.9 Å². The van der Waals surface area contributed by atoms with E-state index in [0.717, 1.165) is 0 Å². The van der Waals surface area contributed by atoms with Crippen molar-refractivity contribution in [2.24, 2.45) is 0 Å². The van der Waals surface area contributed by atoms with Crippen LogP contribution in [0.4, 0.5) is 10.5 Å². The Morgan fingerprint density at radius 1 is 1.24 bits per heavy atom. The van der Waals surface area contributed by atoms with Gasteiger partial charge >= 0.3 is 12.1 Å². The molecule has 1 aliphatic heterocycles. The van der Waals surface area contributed by atoms with Crippen LogP contribution in [0.3, 0.4) is 0 Å². The van der Waals surface area contributed by atoms with Gasteiger partial charge in [-0.15, -0.1) is 0 Å². The van der Waals surface area contributed by atoms with Crippen molar-refractivity contribution in [2.75, 3.05) is 18.5 Å². The first-order chi connectivity index (χ1) is 9.76. The van der Waals surface area contributed by atoms with Crippen molar-refractivity contribution in [1.82, 2.24) is 0 Å². The standard InChI is InChI=1S/C14H17NO6/c1-14(2,3)21-13(18)15-8-6-9(12(16)17)11-10(7-8)19-4-5-20-11/h6-7H,4-5H2,1-3H3,(H,15,18)(H,16,17). The summed E-state index contributed by atoms with van der Waals surface area (Å²) in [6.45, 7) is 5.81. The van der Waals surface area contributed by atoms with Gasteiger partial charge < -0.3 is 19.3 Å². The number of carboxylic acid groups (broad SMARTS) is 1. The average molecular weight is 295 g/mol. The van der Waals surface area contributed by atoms with Crippen LogP contribution in [0.5, 0.6) is 11.5 Å². The molecular weight excluding hydrogens is 278 g/mol. The van der Waals surface area contributed by atoms with E-state index in [0.29, 0.717) is 6.61 Å². The van der Waals surface area contributed by atoms with Crippen molar-refractivity contribution in [3.8, 4) is 11.5 Å². The fourth-order valence-corrected chi connectivity index (χ4v) is 1.81. The third-order valence-electron chi connectivity index (χ3n) is 2.52. The Bertz CT molecular complexity index is 576. The molecule has 0 spiro atoms. The summed E-state index contributed by atoms with van der Waals surface area (Å²) < 4.78 is 15.8. The maximum Gasteiger partial charge on any atom is 0.412 e. The number of nitrogens with one attached hydrogen (secondary N) is 1. The number of hydrogen-bond donors (Lipinski definition) is 2. The number of amides is 1. The number of carboxylic acids is 1. The van der Waals surface area contributed by atoms with Crippen molar-refractivity contribution in [3.05, 3.63) is 17.7 Å².